The van der Waals surface area contributed by atoms with Crippen LogP contribution < -0.4 is 10.6 Å². The van der Waals surface area contributed by atoms with Crippen molar-refractivity contribution in [2.24, 2.45) is 0 Å². The van der Waals surface area contributed by atoms with Gasteiger partial charge in [-0.25, -0.2) is 4.68 Å². The monoisotopic (exact) mass is 372 g/mol. The van der Waals surface area contributed by atoms with Gasteiger partial charge in [0.05, 0.1) is 16.1 Å². The Kier molecular flexibility index (Phi) is 3.76. The van der Waals surface area contributed by atoms with E-state index >= 15 is 0 Å². The largest absolute Gasteiger partial charge is 0.361 e. The van der Waals surface area contributed by atoms with Crippen molar-refractivity contribution in [3.05, 3.63) is 89.4 Å². The summed E-state index contributed by atoms with van der Waals surface area (Å²) < 4.78 is 1.86. The second-order valence-corrected chi connectivity index (χ2v) is 7.23. The number of thiophene rings is 1. The maximum Gasteiger partial charge on any atom is 0.255 e. The zero-order chi connectivity index (χ0) is 18.2. The second kappa shape index (κ2) is 6.41. The van der Waals surface area contributed by atoms with Crippen molar-refractivity contribution in [3.63, 3.8) is 0 Å². The number of carbonyl (C=O) groups excluding carboxylic acids is 1. The van der Waals surface area contributed by atoms with E-state index in [1.165, 1.54) is 0 Å². The maximum atomic E-state index is 12.6. The zero-order valence-corrected chi connectivity index (χ0v) is 15.1. The smallest absolute Gasteiger partial charge is 0.255 e. The van der Waals surface area contributed by atoms with Gasteiger partial charge in [0, 0.05) is 17.4 Å². The third kappa shape index (κ3) is 2.80. The molecule has 0 spiro atoms. The van der Waals surface area contributed by atoms with E-state index in [2.05, 4.69) is 10.6 Å². The first-order valence-electron chi connectivity index (χ1n) is 8.65. The third-order valence-electron chi connectivity index (χ3n) is 4.58. The van der Waals surface area contributed by atoms with Crippen molar-refractivity contribution < 1.29 is 4.79 Å². The predicted molar refractivity (Wildman–Crippen MR) is 107 cm³/mol. The van der Waals surface area contributed by atoms with Crippen LogP contribution in [0.5, 0.6) is 0 Å². The van der Waals surface area contributed by atoms with Gasteiger partial charge in [-0.2, -0.15) is 5.10 Å². The number of nitrogens with zero attached hydrogens (tertiary/aromatic N) is 2. The molecule has 0 fully saturated rings. The molecular formula is C21H16N4OS. The van der Waals surface area contributed by atoms with Crippen LogP contribution in [0.25, 0.3) is 16.3 Å². The lowest BCUT2D eigenvalue weighted by molar-refractivity contribution is 0.0936. The van der Waals surface area contributed by atoms with Crippen LogP contribution in [0, 0.1) is 0 Å². The van der Waals surface area contributed by atoms with E-state index in [0.29, 0.717) is 5.56 Å². The topological polar surface area (TPSA) is 59.0 Å². The Labute approximate surface area is 160 Å². The molecule has 0 saturated carbocycles. The van der Waals surface area contributed by atoms with Crippen LogP contribution in [0.2, 0.25) is 0 Å². The maximum absolute atomic E-state index is 12.6. The Morgan fingerprint density at radius 3 is 2.56 bits per heavy atom. The van der Waals surface area contributed by atoms with Gasteiger partial charge in [-0.05, 0) is 35.7 Å². The van der Waals surface area contributed by atoms with Gasteiger partial charge < -0.3 is 10.6 Å². The van der Waals surface area contributed by atoms with Crippen molar-refractivity contribution in [1.29, 1.82) is 0 Å². The molecule has 1 atom stereocenters. The highest BCUT2D eigenvalue weighted by Crippen LogP contribution is 2.34. The van der Waals surface area contributed by atoms with E-state index in [0.717, 1.165) is 27.5 Å². The lowest BCUT2D eigenvalue weighted by Gasteiger charge is -2.27. The fraction of sp³-hybridized carbons (Fsp3) is 0.0476. The molecule has 4 aromatic rings. The normalized spacial score (nSPS) is 15.7. The minimum Gasteiger partial charge on any atom is -0.361 e. The van der Waals surface area contributed by atoms with Crippen molar-refractivity contribution in [1.82, 2.24) is 15.1 Å². The first-order valence-corrected chi connectivity index (χ1v) is 9.53. The van der Waals surface area contributed by atoms with Crippen molar-refractivity contribution in [2.75, 3.05) is 5.32 Å². The highest BCUT2D eigenvalue weighted by atomic mass is 32.1. The Balaban J connectivity index is 1.61. The van der Waals surface area contributed by atoms with Gasteiger partial charge in [-0.3, -0.25) is 4.79 Å². The summed E-state index contributed by atoms with van der Waals surface area (Å²) in [5, 5.41) is 13.3. The minimum absolute atomic E-state index is 0.0843. The summed E-state index contributed by atoms with van der Waals surface area (Å²) in [5.74, 6) is -0.0843. The number of fused-ring (bicyclic) bond motifs is 1. The van der Waals surface area contributed by atoms with E-state index in [1.54, 1.807) is 11.3 Å². The first-order chi connectivity index (χ1) is 13.3. The average molecular weight is 372 g/mol. The Morgan fingerprint density at radius 1 is 0.926 bits per heavy atom. The number of aromatic nitrogens is 2. The van der Waals surface area contributed by atoms with Crippen molar-refractivity contribution >= 4 is 22.9 Å². The molecule has 2 aromatic heterocycles. The van der Waals surface area contributed by atoms with E-state index in [9.17, 15) is 4.79 Å². The molecule has 1 aliphatic heterocycles. The molecule has 3 heterocycles. The van der Waals surface area contributed by atoms with E-state index in [1.807, 2.05) is 83.0 Å². The molecule has 6 heteroatoms. The van der Waals surface area contributed by atoms with Crippen LogP contribution in [0.3, 0.4) is 0 Å². The number of benzene rings is 2. The standard InChI is InChI=1S/C21H16N4OS/c26-21-15-9-4-5-10-17(15)22-20(23-21)16-13-25(14-7-2-1-3-8-14)24-19(16)18-11-6-12-27-18/h1-13,20,22H,(H,23,26). The number of nitrogens with one attached hydrogen (secondary N) is 2. The summed E-state index contributed by atoms with van der Waals surface area (Å²) in [4.78, 5) is 13.6. The second-order valence-electron chi connectivity index (χ2n) is 6.29. The molecule has 2 aromatic carbocycles. The molecular weight excluding hydrogens is 356 g/mol. The zero-order valence-electron chi connectivity index (χ0n) is 14.3. The van der Waals surface area contributed by atoms with Gasteiger partial charge in [0.2, 0.25) is 0 Å². The summed E-state index contributed by atoms with van der Waals surface area (Å²) in [5.41, 5.74) is 4.26. The van der Waals surface area contributed by atoms with Gasteiger partial charge in [-0.1, -0.05) is 36.4 Å². The minimum atomic E-state index is -0.345. The Hall–Kier alpha value is -3.38. The summed E-state index contributed by atoms with van der Waals surface area (Å²) >= 11 is 1.63. The molecule has 0 radical (unpaired) electrons. The molecule has 2 N–H and O–H groups in total. The molecule has 1 unspecified atom stereocenters. The van der Waals surface area contributed by atoms with E-state index in [4.69, 9.17) is 5.10 Å². The number of amides is 1. The van der Waals surface area contributed by atoms with Crippen LogP contribution in [0.1, 0.15) is 22.1 Å². The molecule has 1 aliphatic rings. The average Bonchev–Trinajstić information content (AvgIpc) is 3.38. The number of hydrogen-bond acceptors (Lipinski definition) is 4. The summed E-state index contributed by atoms with van der Waals surface area (Å²) in [6.45, 7) is 0. The Bertz CT molecular complexity index is 1100. The number of hydrogen-bond donors (Lipinski definition) is 2. The number of carbonyl (C=O) groups is 1. The van der Waals surface area contributed by atoms with E-state index in [-0.39, 0.29) is 12.1 Å². The highest BCUT2D eigenvalue weighted by Gasteiger charge is 2.28. The fourth-order valence-corrected chi connectivity index (χ4v) is 4.01. The van der Waals surface area contributed by atoms with Crippen molar-refractivity contribution in [3.8, 4) is 16.3 Å². The Morgan fingerprint density at radius 2 is 1.74 bits per heavy atom. The fourth-order valence-electron chi connectivity index (χ4n) is 3.28. The van der Waals surface area contributed by atoms with Crippen LogP contribution in [0.4, 0.5) is 5.69 Å². The molecule has 0 bridgehead atoms. The number of para-hydroxylation sites is 2. The molecule has 1 amide bonds. The van der Waals surface area contributed by atoms with Gasteiger partial charge in [0.1, 0.15) is 11.9 Å². The number of rotatable bonds is 3. The highest BCUT2D eigenvalue weighted by molar-refractivity contribution is 7.13. The SMILES string of the molecule is O=C1NC(c2cn(-c3ccccc3)nc2-c2cccs2)Nc2ccccc21. The van der Waals surface area contributed by atoms with Crippen molar-refractivity contribution in [2.45, 2.75) is 6.17 Å². The predicted octanol–water partition coefficient (Wildman–Crippen LogP) is 4.45. The third-order valence-corrected chi connectivity index (χ3v) is 5.45. The molecule has 0 saturated heterocycles. The molecule has 5 rings (SSSR count). The first kappa shape index (κ1) is 15.8. The summed E-state index contributed by atoms with van der Waals surface area (Å²) in [7, 11) is 0. The molecule has 132 valence electrons. The lowest BCUT2D eigenvalue weighted by atomic mass is 10.1. The molecule has 0 aliphatic carbocycles. The van der Waals surface area contributed by atoms with Gasteiger partial charge in [0.15, 0.2) is 0 Å². The summed E-state index contributed by atoms with van der Waals surface area (Å²) in [6.07, 6.45) is 1.64. The van der Waals surface area contributed by atoms with Crippen LogP contribution in [-0.4, -0.2) is 15.7 Å². The molecule has 5 nitrogen and oxygen atoms in total. The quantitative estimate of drug-likeness (QED) is 0.558. The van der Waals surface area contributed by atoms with Crippen LogP contribution in [0.15, 0.2) is 78.3 Å². The van der Waals surface area contributed by atoms with Gasteiger partial charge in [-0.15, -0.1) is 11.3 Å². The molecule has 27 heavy (non-hydrogen) atoms. The van der Waals surface area contributed by atoms with Gasteiger partial charge >= 0.3 is 0 Å². The van der Waals surface area contributed by atoms with Crippen LogP contribution in [-0.2, 0) is 0 Å². The van der Waals surface area contributed by atoms with E-state index < -0.39 is 0 Å². The number of anilines is 1. The summed E-state index contributed by atoms with van der Waals surface area (Å²) in [6, 6.07) is 21.6. The van der Waals surface area contributed by atoms with Crippen LogP contribution >= 0.6 is 11.3 Å². The van der Waals surface area contributed by atoms with Gasteiger partial charge in [0.25, 0.3) is 5.91 Å². The lowest BCUT2D eigenvalue weighted by Crippen LogP contribution is -2.38.